The second-order valence-electron chi connectivity index (χ2n) is 4.29. The first-order valence-electron chi connectivity index (χ1n) is 6.32. The number of benzene rings is 2. The molecule has 0 spiro atoms. The highest BCUT2D eigenvalue weighted by Gasteiger charge is 2.10. The average Bonchev–Trinajstić information content (AvgIpc) is 2.53. The first-order chi connectivity index (χ1) is 9.74. The van der Waals surface area contributed by atoms with Crippen molar-refractivity contribution in [3.8, 4) is 5.75 Å². The zero-order valence-corrected chi connectivity index (χ0v) is 12.6. The van der Waals surface area contributed by atoms with Gasteiger partial charge in [-0.1, -0.05) is 30.3 Å². The van der Waals surface area contributed by atoms with Gasteiger partial charge in [-0.15, -0.1) is 12.4 Å². The zero-order chi connectivity index (χ0) is 14.4. The quantitative estimate of drug-likeness (QED) is 0.863. The number of nitrogens with two attached hydrogens (primary N) is 1. The van der Waals surface area contributed by atoms with E-state index in [4.69, 9.17) is 10.5 Å². The number of carbonyl (C=O) groups excluding carboxylic acids is 1. The van der Waals surface area contributed by atoms with E-state index in [1.807, 2.05) is 30.3 Å². The van der Waals surface area contributed by atoms with Gasteiger partial charge < -0.3 is 15.2 Å². The van der Waals surface area contributed by atoms with Crippen LogP contribution >= 0.6 is 12.4 Å². The molecular weight excluding hydrogens is 290 g/mol. The molecule has 0 aliphatic heterocycles. The third kappa shape index (κ3) is 4.48. The topological polar surface area (TPSA) is 61.5 Å². The van der Waals surface area contributed by atoms with Crippen molar-refractivity contribution in [1.82, 2.24) is 0 Å². The van der Waals surface area contributed by atoms with E-state index in [9.17, 15) is 4.79 Å². The molecule has 0 saturated carbocycles. The van der Waals surface area contributed by atoms with Crippen molar-refractivity contribution in [2.75, 3.05) is 7.11 Å². The van der Waals surface area contributed by atoms with E-state index in [1.165, 1.54) is 7.11 Å². The molecule has 0 saturated heterocycles. The number of hydrogen-bond acceptors (Lipinski definition) is 4. The van der Waals surface area contributed by atoms with Crippen molar-refractivity contribution in [3.05, 3.63) is 65.2 Å². The normalized spacial score (nSPS) is 9.62. The van der Waals surface area contributed by atoms with E-state index in [0.29, 0.717) is 24.5 Å². The first-order valence-corrected chi connectivity index (χ1v) is 6.32. The van der Waals surface area contributed by atoms with E-state index >= 15 is 0 Å². The summed E-state index contributed by atoms with van der Waals surface area (Å²) < 4.78 is 10.4. The predicted molar refractivity (Wildman–Crippen MR) is 83.7 cm³/mol. The number of ether oxygens (including phenoxy) is 2. The standard InChI is InChI=1S/C16H17NO3.ClH/c1-19-16(18)13-7-8-15(14(9-13)10-17)20-11-12-5-3-2-4-6-12;/h2-9H,10-11,17H2,1H3;1H. The molecule has 5 heteroatoms. The summed E-state index contributed by atoms with van der Waals surface area (Å²) in [6.45, 7) is 0.764. The minimum Gasteiger partial charge on any atom is -0.489 e. The Balaban J connectivity index is 0.00000220. The number of esters is 1. The van der Waals surface area contributed by atoms with Crippen LogP contribution < -0.4 is 10.5 Å². The summed E-state index contributed by atoms with van der Waals surface area (Å²) in [5.41, 5.74) is 8.03. The number of methoxy groups -OCH3 is 1. The Morgan fingerprint density at radius 2 is 1.86 bits per heavy atom. The van der Waals surface area contributed by atoms with Gasteiger partial charge in [0, 0.05) is 12.1 Å². The molecule has 0 fully saturated rings. The Morgan fingerprint density at radius 1 is 1.14 bits per heavy atom. The minimum absolute atomic E-state index is 0. The van der Waals surface area contributed by atoms with E-state index in [1.54, 1.807) is 18.2 Å². The Bertz CT molecular complexity index is 587. The van der Waals surface area contributed by atoms with E-state index in [0.717, 1.165) is 11.1 Å². The fraction of sp³-hybridized carbons (Fsp3) is 0.188. The predicted octanol–water partition coefficient (Wildman–Crippen LogP) is 2.93. The lowest BCUT2D eigenvalue weighted by molar-refractivity contribution is 0.0600. The number of hydrogen-bond donors (Lipinski definition) is 1. The van der Waals surface area contributed by atoms with Crippen LogP contribution in [0.4, 0.5) is 0 Å². The van der Waals surface area contributed by atoms with Gasteiger partial charge in [-0.25, -0.2) is 4.79 Å². The van der Waals surface area contributed by atoms with Gasteiger partial charge >= 0.3 is 5.97 Å². The molecule has 2 aromatic rings. The fourth-order valence-electron chi connectivity index (χ4n) is 1.86. The Labute approximate surface area is 130 Å². The Morgan fingerprint density at radius 3 is 2.48 bits per heavy atom. The molecule has 0 radical (unpaired) electrons. The van der Waals surface area contributed by atoms with Gasteiger partial charge in [0.1, 0.15) is 12.4 Å². The summed E-state index contributed by atoms with van der Waals surface area (Å²) >= 11 is 0. The molecule has 112 valence electrons. The molecule has 0 unspecified atom stereocenters. The molecule has 0 aliphatic carbocycles. The summed E-state index contributed by atoms with van der Waals surface area (Å²) in [4.78, 5) is 11.5. The molecule has 2 N–H and O–H groups in total. The largest absolute Gasteiger partial charge is 0.489 e. The lowest BCUT2D eigenvalue weighted by Crippen LogP contribution is -2.07. The van der Waals surface area contributed by atoms with Gasteiger partial charge in [0.25, 0.3) is 0 Å². The van der Waals surface area contributed by atoms with Crippen molar-refractivity contribution < 1.29 is 14.3 Å². The molecule has 4 nitrogen and oxygen atoms in total. The van der Waals surface area contributed by atoms with E-state index < -0.39 is 0 Å². The van der Waals surface area contributed by atoms with Gasteiger partial charge in [0.05, 0.1) is 12.7 Å². The molecule has 0 atom stereocenters. The Kier molecular flexibility index (Phi) is 6.72. The third-order valence-corrected chi connectivity index (χ3v) is 2.94. The van der Waals surface area contributed by atoms with Crippen LogP contribution in [0.3, 0.4) is 0 Å². The number of rotatable bonds is 5. The van der Waals surface area contributed by atoms with Crippen LogP contribution in [0.25, 0.3) is 0 Å². The molecule has 0 amide bonds. The summed E-state index contributed by atoms with van der Waals surface area (Å²) in [6, 6.07) is 15.0. The zero-order valence-electron chi connectivity index (χ0n) is 11.7. The molecular formula is C16H18ClNO3. The van der Waals surface area contributed by atoms with Gasteiger partial charge in [-0.2, -0.15) is 0 Å². The monoisotopic (exact) mass is 307 g/mol. The maximum absolute atomic E-state index is 11.5. The molecule has 0 heterocycles. The van der Waals surface area contributed by atoms with Crippen LogP contribution in [-0.4, -0.2) is 13.1 Å². The highest BCUT2D eigenvalue weighted by molar-refractivity contribution is 5.89. The number of carbonyl (C=O) groups is 1. The maximum atomic E-state index is 11.5. The smallest absolute Gasteiger partial charge is 0.337 e. The van der Waals surface area contributed by atoms with E-state index in [2.05, 4.69) is 4.74 Å². The highest BCUT2D eigenvalue weighted by Crippen LogP contribution is 2.21. The van der Waals surface area contributed by atoms with Crippen LogP contribution in [0.2, 0.25) is 0 Å². The maximum Gasteiger partial charge on any atom is 0.337 e. The van der Waals surface area contributed by atoms with Crippen LogP contribution in [0.5, 0.6) is 5.75 Å². The average molecular weight is 308 g/mol. The summed E-state index contributed by atoms with van der Waals surface area (Å²) in [5, 5.41) is 0. The van der Waals surface area contributed by atoms with Crippen LogP contribution in [0, 0.1) is 0 Å². The van der Waals surface area contributed by atoms with Gasteiger partial charge in [0.2, 0.25) is 0 Å². The molecule has 2 rings (SSSR count). The van der Waals surface area contributed by atoms with Gasteiger partial charge in [-0.3, -0.25) is 0 Å². The van der Waals surface area contributed by atoms with Crippen LogP contribution in [0.1, 0.15) is 21.5 Å². The van der Waals surface area contributed by atoms with E-state index in [-0.39, 0.29) is 18.4 Å². The van der Waals surface area contributed by atoms with Crippen molar-refractivity contribution >= 4 is 18.4 Å². The molecule has 21 heavy (non-hydrogen) atoms. The number of halogens is 1. The Hall–Kier alpha value is -2.04. The third-order valence-electron chi connectivity index (χ3n) is 2.94. The van der Waals surface area contributed by atoms with Crippen molar-refractivity contribution in [2.45, 2.75) is 13.2 Å². The molecule has 2 aromatic carbocycles. The molecule has 0 bridgehead atoms. The van der Waals surface area contributed by atoms with Crippen LogP contribution in [0.15, 0.2) is 48.5 Å². The first kappa shape index (κ1) is 17.0. The lowest BCUT2D eigenvalue weighted by atomic mass is 10.1. The lowest BCUT2D eigenvalue weighted by Gasteiger charge is -2.11. The SMILES string of the molecule is COC(=O)c1ccc(OCc2ccccc2)c(CN)c1.Cl. The second kappa shape index (κ2) is 8.29. The van der Waals surface area contributed by atoms with Crippen molar-refractivity contribution in [3.63, 3.8) is 0 Å². The van der Waals surface area contributed by atoms with Crippen molar-refractivity contribution in [2.24, 2.45) is 5.73 Å². The highest BCUT2D eigenvalue weighted by atomic mass is 35.5. The van der Waals surface area contributed by atoms with Gasteiger partial charge in [0.15, 0.2) is 0 Å². The summed E-state index contributed by atoms with van der Waals surface area (Å²) in [5.74, 6) is 0.304. The molecule has 0 aromatic heterocycles. The van der Waals surface area contributed by atoms with Gasteiger partial charge in [-0.05, 0) is 23.8 Å². The fourth-order valence-corrected chi connectivity index (χ4v) is 1.86. The summed E-state index contributed by atoms with van der Waals surface area (Å²) in [7, 11) is 1.35. The van der Waals surface area contributed by atoms with Crippen molar-refractivity contribution in [1.29, 1.82) is 0 Å². The second-order valence-corrected chi connectivity index (χ2v) is 4.29. The van der Waals surface area contributed by atoms with Crippen LogP contribution in [-0.2, 0) is 17.9 Å². The summed E-state index contributed by atoms with van der Waals surface area (Å²) in [6.07, 6.45) is 0. The molecule has 0 aliphatic rings. The minimum atomic E-state index is -0.380.